The predicted molar refractivity (Wildman–Crippen MR) is 83.3 cm³/mol. The first-order valence-corrected chi connectivity index (χ1v) is 6.96. The van der Waals surface area contributed by atoms with E-state index in [9.17, 15) is 4.79 Å². The molecule has 1 aromatic carbocycles. The first kappa shape index (κ1) is 16.5. The molecule has 7 heteroatoms. The molecule has 0 saturated heterocycles. The van der Waals surface area contributed by atoms with Crippen LogP contribution in [-0.4, -0.2) is 32.3 Å². The molecule has 0 aliphatic rings. The molecule has 0 aliphatic heterocycles. The van der Waals surface area contributed by atoms with Crippen LogP contribution in [0.25, 0.3) is 0 Å². The minimum Gasteiger partial charge on any atom is -0.480 e. The van der Waals surface area contributed by atoms with Crippen LogP contribution in [0.5, 0.6) is 5.75 Å². The molecular weight excluding hydrogens is 373 g/mol. The van der Waals surface area contributed by atoms with Gasteiger partial charge < -0.3 is 20.5 Å². The minimum atomic E-state index is -0.255. The van der Waals surface area contributed by atoms with Gasteiger partial charge in [-0.2, -0.15) is 5.26 Å². The number of nitriles is 1. The van der Waals surface area contributed by atoms with Crippen LogP contribution in [0.1, 0.15) is 12.5 Å². The second-order valence-corrected chi connectivity index (χ2v) is 5.36. The molecule has 3 N–H and O–H groups in total. The third kappa shape index (κ3) is 4.86. The Kier molecular flexibility index (Phi) is 6.54. The number of anilines is 1. The molecule has 20 heavy (non-hydrogen) atoms. The number of hydrogen-bond donors (Lipinski definition) is 2. The van der Waals surface area contributed by atoms with E-state index in [1.54, 1.807) is 13.2 Å². The van der Waals surface area contributed by atoms with Gasteiger partial charge in [0.25, 0.3) is 5.91 Å². The van der Waals surface area contributed by atoms with Crippen LogP contribution in [0.2, 0.25) is 0 Å². The van der Waals surface area contributed by atoms with Crippen molar-refractivity contribution in [1.29, 1.82) is 5.26 Å². The topological polar surface area (TPSA) is 97.4 Å². The first-order valence-electron chi connectivity index (χ1n) is 5.88. The van der Waals surface area contributed by atoms with Gasteiger partial charge in [0.1, 0.15) is 0 Å². The van der Waals surface area contributed by atoms with Gasteiger partial charge in [0.05, 0.1) is 27.5 Å². The number of halogens is 1. The lowest BCUT2D eigenvalue weighted by atomic mass is 10.2. The van der Waals surface area contributed by atoms with E-state index >= 15 is 0 Å². The molecule has 0 saturated carbocycles. The zero-order valence-electron chi connectivity index (χ0n) is 11.3. The average Bonchev–Trinajstić information content (AvgIpc) is 2.37. The maximum Gasteiger partial charge on any atom is 0.258 e. The van der Waals surface area contributed by atoms with E-state index in [0.717, 1.165) is 0 Å². The number of hydrogen-bond acceptors (Lipinski definition) is 5. The van der Waals surface area contributed by atoms with Crippen molar-refractivity contribution in [3.63, 3.8) is 0 Å². The summed E-state index contributed by atoms with van der Waals surface area (Å²) < 4.78 is 11.0. The zero-order chi connectivity index (χ0) is 15.1. The molecule has 0 aliphatic carbocycles. The molecule has 0 spiro atoms. The van der Waals surface area contributed by atoms with Gasteiger partial charge in [-0.15, -0.1) is 0 Å². The highest BCUT2D eigenvalue weighted by molar-refractivity contribution is 14.1. The van der Waals surface area contributed by atoms with Crippen LogP contribution in [0.15, 0.2) is 12.1 Å². The molecule has 1 aromatic rings. The Hall–Kier alpha value is -1.53. The van der Waals surface area contributed by atoms with Crippen LogP contribution in [0.4, 0.5) is 5.69 Å². The standard InChI is InChI=1S/C13H16IN3O3/c1-8(6-19-2)17-12(18)7-20-13-10(14)3-9(5-15)4-11(13)16/h3-4,8H,6-7,16H2,1-2H3,(H,17,18). The summed E-state index contributed by atoms with van der Waals surface area (Å²) >= 11 is 2.01. The summed E-state index contributed by atoms with van der Waals surface area (Å²) in [4.78, 5) is 11.7. The largest absolute Gasteiger partial charge is 0.480 e. The quantitative estimate of drug-likeness (QED) is 0.564. The third-order valence-electron chi connectivity index (χ3n) is 2.37. The maximum atomic E-state index is 11.7. The molecule has 1 rings (SSSR count). The first-order chi connectivity index (χ1) is 9.47. The highest BCUT2D eigenvalue weighted by Crippen LogP contribution is 2.29. The molecule has 0 heterocycles. The Bertz CT molecular complexity index is 505. The number of methoxy groups -OCH3 is 1. The van der Waals surface area contributed by atoms with Crippen molar-refractivity contribution >= 4 is 34.2 Å². The number of rotatable bonds is 6. The molecule has 1 atom stereocenters. The number of benzene rings is 1. The number of carbonyl (C=O) groups is 1. The normalized spacial score (nSPS) is 11.5. The van der Waals surface area contributed by atoms with Crippen molar-refractivity contribution in [2.75, 3.05) is 26.1 Å². The SMILES string of the molecule is COCC(C)NC(=O)COc1c(N)cc(C#N)cc1I. The predicted octanol–water partition coefficient (Wildman–Crippen LogP) is 1.27. The lowest BCUT2D eigenvalue weighted by molar-refractivity contribution is -0.124. The summed E-state index contributed by atoms with van der Waals surface area (Å²) in [5.41, 5.74) is 6.60. The van der Waals surface area contributed by atoms with E-state index in [-0.39, 0.29) is 18.6 Å². The third-order valence-corrected chi connectivity index (χ3v) is 3.17. The fourth-order valence-electron chi connectivity index (χ4n) is 1.58. The molecule has 1 unspecified atom stereocenters. The number of amides is 1. The molecular formula is C13H16IN3O3. The number of nitrogens with one attached hydrogen (secondary N) is 1. The highest BCUT2D eigenvalue weighted by Gasteiger charge is 2.12. The van der Waals surface area contributed by atoms with E-state index in [0.29, 0.717) is 27.2 Å². The Morgan fingerprint density at radius 2 is 2.30 bits per heavy atom. The van der Waals surface area contributed by atoms with Gasteiger partial charge in [0.2, 0.25) is 0 Å². The van der Waals surface area contributed by atoms with Crippen LogP contribution in [0, 0.1) is 14.9 Å². The smallest absolute Gasteiger partial charge is 0.258 e. The fraction of sp³-hybridized carbons (Fsp3) is 0.385. The number of nitrogen functional groups attached to an aromatic ring is 1. The van der Waals surface area contributed by atoms with Gasteiger partial charge in [0.15, 0.2) is 12.4 Å². The van der Waals surface area contributed by atoms with Gasteiger partial charge in [-0.3, -0.25) is 4.79 Å². The van der Waals surface area contributed by atoms with Crippen molar-refractivity contribution < 1.29 is 14.3 Å². The summed E-state index contributed by atoms with van der Waals surface area (Å²) in [7, 11) is 1.57. The summed E-state index contributed by atoms with van der Waals surface area (Å²) in [5.74, 6) is 0.160. The van der Waals surface area contributed by atoms with Gasteiger partial charge in [-0.1, -0.05) is 0 Å². The van der Waals surface area contributed by atoms with Crippen molar-refractivity contribution in [2.45, 2.75) is 13.0 Å². The Morgan fingerprint density at radius 3 is 2.85 bits per heavy atom. The average molecular weight is 389 g/mol. The van der Waals surface area contributed by atoms with Gasteiger partial charge >= 0.3 is 0 Å². The zero-order valence-corrected chi connectivity index (χ0v) is 13.4. The van der Waals surface area contributed by atoms with Crippen molar-refractivity contribution in [1.82, 2.24) is 5.32 Å². The van der Waals surface area contributed by atoms with Crippen LogP contribution in [0.3, 0.4) is 0 Å². The summed E-state index contributed by atoms with van der Waals surface area (Å²) in [6.07, 6.45) is 0. The second kappa shape index (κ2) is 7.91. The van der Waals surface area contributed by atoms with Crippen LogP contribution >= 0.6 is 22.6 Å². The molecule has 0 fully saturated rings. The summed E-state index contributed by atoms with van der Waals surface area (Å²) in [6, 6.07) is 5.09. The van der Waals surface area contributed by atoms with E-state index in [4.69, 9.17) is 20.5 Å². The van der Waals surface area contributed by atoms with Gasteiger partial charge in [0, 0.05) is 13.2 Å². The lowest BCUT2D eigenvalue weighted by Gasteiger charge is -2.14. The van der Waals surface area contributed by atoms with E-state index < -0.39 is 0 Å². The van der Waals surface area contributed by atoms with E-state index in [2.05, 4.69) is 5.32 Å². The summed E-state index contributed by atoms with van der Waals surface area (Å²) in [5, 5.41) is 11.5. The number of carbonyl (C=O) groups excluding carboxylic acids is 1. The van der Waals surface area contributed by atoms with Gasteiger partial charge in [-0.05, 0) is 41.6 Å². The van der Waals surface area contributed by atoms with Crippen molar-refractivity contribution in [3.05, 3.63) is 21.3 Å². The van der Waals surface area contributed by atoms with E-state index in [1.165, 1.54) is 6.07 Å². The Labute approximate surface area is 131 Å². The van der Waals surface area contributed by atoms with E-state index in [1.807, 2.05) is 35.6 Å². The molecule has 6 nitrogen and oxygen atoms in total. The van der Waals surface area contributed by atoms with Crippen LogP contribution < -0.4 is 15.8 Å². The monoisotopic (exact) mass is 389 g/mol. The molecule has 0 bridgehead atoms. The lowest BCUT2D eigenvalue weighted by Crippen LogP contribution is -2.38. The highest BCUT2D eigenvalue weighted by atomic mass is 127. The summed E-state index contributed by atoms with van der Waals surface area (Å²) in [6.45, 7) is 2.13. The Morgan fingerprint density at radius 1 is 1.60 bits per heavy atom. The molecule has 0 radical (unpaired) electrons. The van der Waals surface area contributed by atoms with Crippen molar-refractivity contribution in [2.24, 2.45) is 0 Å². The number of nitrogens with two attached hydrogens (primary N) is 1. The molecule has 108 valence electrons. The van der Waals surface area contributed by atoms with Crippen molar-refractivity contribution in [3.8, 4) is 11.8 Å². The Balaban J connectivity index is 2.62. The van der Waals surface area contributed by atoms with Gasteiger partial charge in [-0.25, -0.2) is 0 Å². The second-order valence-electron chi connectivity index (χ2n) is 4.20. The van der Waals surface area contributed by atoms with Crippen LogP contribution in [-0.2, 0) is 9.53 Å². The maximum absolute atomic E-state index is 11.7. The number of nitrogens with zero attached hydrogens (tertiary/aromatic N) is 1. The number of ether oxygens (including phenoxy) is 2. The fourth-order valence-corrected chi connectivity index (χ4v) is 2.38. The molecule has 0 aromatic heterocycles. The molecule has 1 amide bonds. The minimum absolute atomic E-state index is 0.0894.